The Morgan fingerprint density at radius 1 is 1.39 bits per heavy atom. The Kier molecular flexibility index (Phi) is 3.93. The second-order valence-corrected chi connectivity index (χ2v) is 5.57. The van der Waals surface area contributed by atoms with Gasteiger partial charge in [-0.15, -0.1) is 11.3 Å². The largest absolute Gasteiger partial charge is 0.486 e. The van der Waals surface area contributed by atoms with Crippen LogP contribution in [0.3, 0.4) is 0 Å². The van der Waals surface area contributed by atoms with E-state index in [2.05, 4.69) is 18.8 Å². The number of hydrogen-bond donors (Lipinski definition) is 1. The maximum Gasteiger partial charge on any atom is 0.140 e. The van der Waals surface area contributed by atoms with Crippen molar-refractivity contribution in [2.75, 3.05) is 0 Å². The molecule has 0 radical (unpaired) electrons. The lowest BCUT2D eigenvalue weighted by atomic mass is 10.1. The molecule has 2 N–H and O–H groups in total. The van der Waals surface area contributed by atoms with Crippen LogP contribution in [-0.2, 0) is 6.61 Å². The number of thiazole rings is 1. The van der Waals surface area contributed by atoms with Crippen LogP contribution >= 0.6 is 23.6 Å². The van der Waals surface area contributed by atoms with Crippen molar-refractivity contribution in [3.8, 4) is 5.75 Å². The minimum absolute atomic E-state index is 0.380. The number of aromatic nitrogens is 1. The van der Waals surface area contributed by atoms with Crippen molar-refractivity contribution in [1.29, 1.82) is 0 Å². The fraction of sp³-hybridized carbons (Fsp3) is 0.231. The molecular weight excluding hydrogens is 264 g/mol. The maximum absolute atomic E-state index is 5.68. The molecule has 0 bridgehead atoms. The van der Waals surface area contributed by atoms with Crippen LogP contribution < -0.4 is 10.5 Å². The van der Waals surface area contributed by atoms with E-state index < -0.39 is 0 Å². The first-order valence-corrected chi connectivity index (χ1v) is 6.73. The molecule has 0 fully saturated rings. The normalized spacial score (nSPS) is 10.3. The van der Waals surface area contributed by atoms with E-state index in [9.17, 15) is 0 Å². The summed E-state index contributed by atoms with van der Waals surface area (Å²) in [6.07, 6.45) is 1.69. The molecule has 18 heavy (non-hydrogen) atoms. The molecular formula is C13H14N2OS2. The van der Waals surface area contributed by atoms with Crippen LogP contribution in [0.4, 0.5) is 0 Å². The van der Waals surface area contributed by atoms with Gasteiger partial charge in [0, 0.05) is 6.20 Å². The minimum Gasteiger partial charge on any atom is -0.486 e. The summed E-state index contributed by atoms with van der Waals surface area (Å²) < 4.78 is 5.68. The Morgan fingerprint density at radius 3 is 2.78 bits per heavy atom. The van der Waals surface area contributed by atoms with Crippen molar-refractivity contribution in [1.82, 2.24) is 4.98 Å². The zero-order valence-electron chi connectivity index (χ0n) is 10.3. The predicted molar refractivity (Wildman–Crippen MR) is 78.2 cm³/mol. The van der Waals surface area contributed by atoms with Gasteiger partial charge in [0.15, 0.2) is 0 Å². The van der Waals surface area contributed by atoms with E-state index in [1.807, 2.05) is 18.2 Å². The van der Waals surface area contributed by atoms with Gasteiger partial charge in [-0.1, -0.05) is 18.3 Å². The second kappa shape index (κ2) is 5.46. The number of thiocarbonyl (C=S) groups is 1. The summed E-state index contributed by atoms with van der Waals surface area (Å²) in [4.78, 5) is 5.42. The highest BCUT2D eigenvalue weighted by atomic mass is 32.1. The molecule has 0 saturated carbocycles. The van der Waals surface area contributed by atoms with E-state index in [-0.39, 0.29) is 0 Å². The molecule has 94 valence electrons. The Labute approximate surface area is 116 Å². The minimum atomic E-state index is 0.380. The summed E-state index contributed by atoms with van der Waals surface area (Å²) in [5, 5.41) is 0.871. The van der Waals surface area contributed by atoms with Crippen LogP contribution in [0.5, 0.6) is 5.75 Å². The van der Waals surface area contributed by atoms with Crippen molar-refractivity contribution in [3.63, 3.8) is 0 Å². The van der Waals surface area contributed by atoms with Gasteiger partial charge in [-0.3, -0.25) is 0 Å². The average Bonchev–Trinajstić information content (AvgIpc) is 2.79. The highest BCUT2D eigenvalue weighted by Gasteiger charge is 2.05. The number of rotatable bonds is 4. The monoisotopic (exact) mass is 278 g/mol. The molecule has 0 aliphatic heterocycles. The molecule has 0 atom stereocenters. The Bertz CT molecular complexity index is 578. The molecule has 0 unspecified atom stereocenters. The number of aryl methyl sites for hydroxylation is 2. The Hall–Kier alpha value is -1.46. The molecule has 1 heterocycles. The van der Waals surface area contributed by atoms with Crippen molar-refractivity contribution in [3.05, 3.63) is 45.4 Å². The first-order chi connectivity index (χ1) is 8.56. The summed E-state index contributed by atoms with van der Waals surface area (Å²) in [7, 11) is 0. The average molecular weight is 278 g/mol. The molecule has 0 spiro atoms. The van der Waals surface area contributed by atoms with E-state index in [1.54, 1.807) is 6.20 Å². The van der Waals surface area contributed by atoms with Crippen molar-refractivity contribution in [2.24, 2.45) is 5.73 Å². The maximum atomic E-state index is 5.68. The quantitative estimate of drug-likeness (QED) is 0.874. The van der Waals surface area contributed by atoms with E-state index in [1.165, 1.54) is 22.5 Å². The Balaban J connectivity index is 2.02. The van der Waals surface area contributed by atoms with Gasteiger partial charge in [0.05, 0.1) is 4.88 Å². The molecule has 1 aromatic heterocycles. The van der Waals surface area contributed by atoms with Crippen LogP contribution in [-0.4, -0.2) is 9.97 Å². The molecule has 2 aromatic rings. The van der Waals surface area contributed by atoms with Crippen LogP contribution in [0.15, 0.2) is 24.4 Å². The summed E-state index contributed by atoms with van der Waals surface area (Å²) in [6, 6.07) is 6.04. The highest BCUT2D eigenvalue weighted by Crippen LogP contribution is 2.19. The van der Waals surface area contributed by atoms with Gasteiger partial charge in [0.1, 0.15) is 22.4 Å². The third-order valence-corrected chi connectivity index (χ3v) is 3.99. The van der Waals surface area contributed by atoms with Crippen molar-refractivity contribution < 1.29 is 4.74 Å². The van der Waals surface area contributed by atoms with Gasteiger partial charge in [-0.2, -0.15) is 0 Å². The lowest BCUT2D eigenvalue weighted by molar-refractivity contribution is 0.305. The van der Waals surface area contributed by atoms with Crippen molar-refractivity contribution >= 4 is 28.5 Å². The van der Waals surface area contributed by atoms with E-state index in [0.717, 1.165) is 15.6 Å². The lowest BCUT2D eigenvalue weighted by Gasteiger charge is -2.06. The van der Waals surface area contributed by atoms with Gasteiger partial charge in [-0.25, -0.2) is 4.98 Å². The molecule has 1 aromatic carbocycles. The smallest absolute Gasteiger partial charge is 0.140 e. The molecule has 0 amide bonds. The van der Waals surface area contributed by atoms with Gasteiger partial charge in [0.2, 0.25) is 0 Å². The Morgan fingerprint density at radius 2 is 2.17 bits per heavy atom. The van der Waals surface area contributed by atoms with Gasteiger partial charge in [0.25, 0.3) is 0 Å². The van der Waals surface area contributed by atoms with E-state index in [0.29, 0.717) is 11.6 Å². The van der Waals surface area contributed by atoms with Crippen molar-refractivity contribution in [2.45, 2.75) is 20.5 Å². The third-order valence-electron chi connectivity index (χ3n) is 2.64. The number of hydrogen-bond acceptors (Lipinski definition) is 4. The fourth-order valence-corrected chi connectivity index (χ4v) is 2.30. The summed E-state index contributed by atoms with van der Waals surface area (Å²) in [6.45, 7) is 4.58. The summed E-state index contributed by atoms with van der Waals surface area (Å²) in [5.74, 6) is 0.852. The van der Waals surface area contributed by atoms with Gasteiger partial charge in [-0.05, 0) is 37.1 Å². The number of nitrogens with zero attached hydrogens (tertiary/aromatic N) is 1. The molecule has 5 heteroatoms. The highest BCUT2D eigenvalue weighted by molar-refractivity contribution is 7.81. The lowest BCUT2D eigenvalue weighted by Crippen LogP contribution is -2.06. The number of benzene rings is 1. The first kappa shape index (κ1) is 13.0. The van der Waals surface area contributed by atoms with Crippen LogP contribution in [0.1, 0.15) is 21.0 Å². The van der Waals surface area contributed by atoms with Crippen LogP contribution in [0.2, 0.25) is 0 Å². The fourth-order valence-electron chi connectivity index (χ4n) is 1.44. The van der Waals surface area contributed by atoms with E-state index in [4.69, 9.17) is 22.7 Å². The zero-order valence-corrected chi connectivity index (χ0v) is 11.9. The molecule has 3 nitrogen and oxygen atoms in total. The topological polar surface area (TPSA) is 48.1 Å². The second-order valence-electron chi connectivity index (χ2n) is 4.02. The molecule has 0 saturated heterocycles. The molecule has 0 aliphatic carbocycles. The standard InChI is InChI=1S/C13H14N2OS2/c1-8-3-4-10(5-9(8)2)16-7-12-15-6-11(18-12)13(14)17/h3-6H,7H2,1-2H3,(H2,14,17). The van der Waals surface area contributed by atoms with Crippen LogP contribution in [0.25, 0.3) is 0 Å². The zero-order chi connectivity index (χ0) is 13.1. The predicted octanol–water partition coefficient (Wildman–Crippen LogP) is 2.97. The first-order valence-electron chi connectivity index (χ1n) is 5.51. The summed E-state index contributed by atoms with van der Waals surface area (Å²) >= 11 is 6.36. The molecule has 0 aliphatic rings. The van der Waals surface area contributed by atoms with Gasteiger partial charge < -0.3 is 10.5 Å². The van der Waals surface area contributed by atoms with Crippen LogP contribution in [0, 0.1) is 13.8 Å². The third kappa shape index (κ3) is 3.05. The van der Waals surface area contributed by atoms with Gasteiger partial charge >= 0.3 is 0 Å². The van der Waals surface area contributed by atoms with E-state index >= 15 is 0 Å². The summed E-state index contributed by atoms with van der Waals surface area (Å²) in [5.41, 5.74) is 8.01. The number of ether oxygens (including phenoxy) is 1. The SMILES string of the molecule is Cc1ccc(OCc2ncc(C(N)=S)s2)cc1C. The molecule has 2 rings (SSSR count). The number of nitrogens with two attached hydrogens (primary N) is 1.